The van der Waals surface area contributed by atoms with Crippen molar-refractivity contribution in [2.45, 2.75) is 40.2 Å². The minimum atomic E-state index is -0.604. The van der Waals surface area contributed by atoms with E-state index in [2.05, 4.69) is 10.2 Å². The van der Waals surface area contributed by atoms with Gasteiger partial charge in [0.25, 0.3) is 5.56 Å². The molecule has 0 aliphatic heterocycles. The molecule has 1 aromatic carbocycles. The Kier molecular flexibility index (Phi) is 6.31. The average Bonchev–Trinajstić information content (AvgIpc) is 3.37. The Morgan fingerprint density at radius 1 is 1.18 bits per heavy atom. The van der Waals surface area contributed by atoms with Crippen LogP contribution in [-0.4, -0.2) is 32.4 Å². The van der Waals surface area contributed by atoms with E-state index in [-0.39, 0.29) is 22.8 Å². The fourth-order valence-corrected chi connectivity index (χ4v) is 5.88. The molecule has 1 atom stereocenters. The van der Waals surface area contributed by atoms with Gasteiger partial charge in [-0.15, -0.1) is 11.3 Å². The molecule has 0 amide bonds. The Morgan fingerprint density at radius 2 is 1.85 bits per heavy atom. The van der Waals surface area contributed by atoms with E-state index in [1.165, 1.54) is 25.5 Å². The van der Waals surface area contributed by atoms with Gasteiger partial charge in [0, 0.05) is 35.6 Å². The summed E-state index contributed by atoms with van der Waals surface area (Å²) in [5.74, 6) is -0.819. The third-order valence-electron chi connectivity index (χ3n) is 6.00. The molecule has 0 radical (unpaired) electrons. The van der Waals surface area contributed by atoms with Gasteiger partial charge in [0.2, 0.25) is 0 Å². The van der Waals surface area contributed by atoms with Crippen LogP contribution in [0.4, 0.5) is 0 Å². The first-order valence-corrected chi connectivity index (χ1v) is 11.9. The van der Waals surface area contributed by atoms with Crippen LogP contribution in [0.25, 0.3) is 10.2 Å². The minimum absolute atomic E-state index is 0.161. The van der Waals surface area contributed by atoms with Crippen LogP contribution in [0, 0.1) is 19.8 Å². The molecule has 1 N–H and O–H groups in total. The van der Waals surface area contributed by atoms with Crippen LogP contribution < -0.4 is 11.2 Å². The largest absolute Gasteiger partial charge is 0.465 e. The number of hydrogen-bond acceptors (Lipinski definition) is 6. The Bertz CT molecular complexity index is 1470. The van der Waals surface area contributed by atoms with Gasteiger partial charge in [-0.25, -0.2) is 9.59 Å². The number of hydrogen-bond donors (Lipinski definition) is 1. The van der Waals surface area contributed by atoms with Crippen molar-refractivity contribution in [3.63, 3.8) is 0 Å². The number of nitrogens with one attached hydrogen (secondary N) is 1. The molecule has 34 heavy (non-hydrogen) atoms. The van der Waals surface area contributed by atoms with Crippen molar-refractivity contribution in [2.24, 2.45) is 13.0 Å². The summed E-state index contributed by atoms with van der Waals surface area (Å²) in [5.41, 5.74) is 2.84. The van der Waals surface area contributed by atoms with Gasteiger partial charge in [-0.3, -0.25) is 19.0 Å². The third-order valence-corrected chi connectivity index (χ3v) is 7.28. The fraction of sp³-hybridized carbons (Fsp3) is 0.360. The molecule has 4 rings (SSSR count). The molecule has 8 nitrogen and oxygen atoms in total. The normalized spacial score (nSPS) is 12.4. The van der Waals surface area contributed by atoms with E-state index >= 15 is 0 Å². The third kappa shape index (κ3) is 3.79. The maximum absolute atomic E-state index is 13.4. The van der Waals surface area contributed by atoms with E-state index in [0.717, 1.165) is 27.1 Å². The van der Waals surface area contributed by atoms with E-state index in [1.54, 1.807) is 4.57 Å². The number of methoxy groups -OCH3 is 1. The van der Waals surface area contributed by atoms with Gasteiger partial charge in [0.15, 0.2) is 0 Å². The molecule has 9 heteroatoms. The number of carbonyl (C=O) groups is 1. The lowest BCUT2D eigenvalue weighted by atomic mass is 9.86. The highest BCUT2D eigenvalue weighted by Crippen LogP contribution is 2.43. The standard InChI is InChI=1S/C25H28N4O4S/c1-13(2)12-29-23-20(22(30)28(5)25(29)32)19(24(31)33-6)21(34-23)18(16-10-8-7-9-11-16)17-14(3)26-27-15(17)4/h7-11,13,18H,12H2,1-6H3,(H,26,27). The highest BCUT2D eigenvalue weighted by atomic mass is 32.1. The lowest BCUT2D eigenvalue weighted by molar-refractivity contribution is 0.0602. The molecule has 0 fully saturated rings. The van der Waals surface area contributed by atoms with Gasteiger partial charge >= 0.3 is 11.7 Å². The molecule has 0 saturated heterocycles. The summed E-state index contributed by atoms with van der Waals surface area (Å²) in [6.07, 6.45) is 0. The van der Waals surface area contributed by atoms with Gasteiger partial charge < -0.3 is 4.74 Å². The van der Waals surface area contributed by atoms with Crippen LogP contribution in [0.5, 0.6) is 0 Å². The summed E-state index contributed by atoms with van der Waals surface area (Å²) in [7, 11) is 2.74. The number of nitrogens with zero attached hydrogens (tertiary/aromatic N) is 3. The summed E-state index contributed by atoms with van der Waals surface area (Å²) in [6, 6.07) is 9.78. The average molecular weight is 481 g/mol. The fourth-order valence-electron chi connectivity index (χ4n) is 4.46. The summed E-state index contributed by atoms with van der Waals surface area (Å²) in [6.45, 7) is 8.27. The van der Waals surface area contributed by atoms with Gasteiger partial charge in [0.1, 0.15) is 4.83 Å². The van der Waals surface area contributed by atoms with Crippen LogP contribution in [0.1, 0.15) is 57.5 Å². The van der Waals surface area contributed by atoms with Crippen molar-refractivity contribution in [1.82, 2.24) is 19.3 Å². The number of rotatable bonds is 6. The maximum Gasteiger partial charge on any atom is 0.339 e. The summed E-state index contributed by atoms with van der Waals surface area (Å²) < 4.78 is 7.83. The van der Waals surface area contributed by atoms with Crippen LogP contribution in [0.3, 0.4) is 0 Å². The Balaban J connectivity index is 2.20. The quantitative estimate of drug-likeness (QED) is 0.424. The summed E-state index contributed by atoms with van der Waals surface area (Å²) in [5, 5.41) is 7.64. The van der Waals surface area contributed by atoms with E-state index in [0.29, 0.717) is 16.3 Å². The van der Waals surface area contributed by atoms with Crippen molar-refractivity contribution in [1.29, 1.82) is 0 Å². The number of aromatic amines is 1. The second-order valence-corrected chi connectivity index (χ2v) is 9.89. The monoisotopic (exact) mass is 480 g/mol. The molecule has 0 aliphatic rings. The van der Waals surface area contributed by atoms with Crippen LogP contribution in [0.2, 0.25) is 0 Å². The number of fused-ring (bicyclic) bond motifs is 1. The van der Waals surface area contributed by atoms with Crippen molar-refractivity contribution in [3.05, 3.63) is 84.1 Å². The zero-order chi connectivity index (χ0) is 24.7. The number of aryl methyl sites for hydroxylation is 2. The van der Waals surface area contributed by atoms with Crippen molar-refractivity contribution < 1.29 is 9.53 Å². The molecule has 3 aromatic heterocycles. The number of benzene rings is 1. The first-order valence-electron chi connectivity index (χ1n) is 11.1. The summed E-state index contributed by atoms with van der Waals surface area (Å²) in [4.78, 5) is 40.8. The number of carbonyl (C=O) groups excluding carboxylic acids is 1. The zero-order valence-corrected chi connectivity index (χ0v) is 20.9. The second-order valence-electron chi connectivity index (χ2n) is 8.86. The Hall–Kier alpha value is -3.46. The predicted molar refractivity (Wildman–Crippen MR) is 133 cm³/mol. The van der Waals surface area contributed by atoms with E-state index in [9.17, 15) is 14.4 Å². The van der Waals surface area contributed by atoms with E-state index in [4.69, 9.17) is 4.74 Å². The minimum Gasteiger partial charge on any atom is -0.465 e. The molecule has 178 valence electrons. The van der Waals surface area contributed by atoms with Crippen LogP contribution in [-0.2, 0) is 18.3 Å². The SMILES string of the molecule is COC(=O)c1c(C(c2ccccc2)c2c(C)n[nH]c2C)sc2c1c(=O)n(C)c(=O)n2CC(C)C. The predicted octanol–water partition coefficient (Wildman–Crippen LogP) is 3.72. The van der Waals surface area contributed by atoms with Gasteiger partial charge in [-0.05, 0) is 25.3 Å². The highest BCUT2D eigenvalue weighted by molar-refractivity contribution is 7.19. The van der Waals surface area contributed by atoms with Crippen LogP contribution in [0.15, 0.2) is 39.9 Å². The molecule has 4 aromatic rings. The molecule has 0 bridgehead atoms. The molecule has 3 heterocycles. The van der Waals surface area contributed by atoms with Gasteiger partial charge in [-0.2, -0.15) is 5.10 Å². The van der Waals surface area contributed by atoms with Crippen molar-refractivity contribution in [2.75, 3.05) is 7.11 Å². The lowest BCUT2D eigenvalue weighted by Crippen LogP contribution is -2.38. The number of thiophene rings is 1. The number of H-pyrrole nitrogens is 1. The molecular weight excluding hydrogens is 452 g/mol. The number of esters is 1. The van der Waals surface area contributed by atoms with Crippen LogP contribution >= 0.6 is 11.3 Å². The van der Waals surface area contributed by atoms with Gasteiger partial charge in [-0.1, -0.05) is 44.2 Å². The molecule has 0 saturated carbocycles. The van der Waals surface area contributed by atoms with Crippen molar-refractivity contribution in [3.8, 4) is 0 Å². The molecule has 1 unspecified atom stereocenters. The van der Waals surface area contributed by atoms with Crippen molar-refractivity contribution >= 4 is 27.5 Å². The summed E-state index contributed by atoms with van der Waals surface area (Å²) >= 11 is 1.30. The van der Waals surface area contributed by atoms with E-state index in [1.807, 2.05) is 58.0 Å². The number of ether oxygens (including phenoxy) is 1. The van der Waals surface area contributed by atoms with Gasteiger partial charge in [0.05, 0.1) is 23.8 Å². The Morgan fingerprint density at radius 3 is 2.41 bits per heavy atom. The smallest absolute Gasteiger partial charge is 0.339 e. The first-order chi connectivity index (χ1) is 16.2. The second kappa shape index (κ2) is 9.06. The first kappa shape index (κ1) is 23.7. The topological polar surface area (TPSA) is 99.0 Å². The Labute approximate surface area is 200 Å². The lowest BCUT2D eigenvalue weighted by Gasteiger charge is -2.18. The zero-order valence-electron chi connectivity index (χ0n) is 20.1. The number of aromatic nitrogens is 4. The molecule has 0 aliphatic carbocycles. The molecular formula is C25H28N4O4S. The molecule has 0 spiro atoms. The highest BCUT2D eigenvalue weighted by Gasteiger charge is 2.33. The maximum atomic E-state index is 13.4. The van der Waals surface area contributed by atoms with E-state index < -0.39 is 17.2 Å².